The van der Waals surface area contributed by atoms with E-state index in [1.54, 1.807) is 0 Å². The fourth-order valence-electron chi connectivity index (χ4n) is 3.29. The van der Waals surface area contributed by atoms with E-state index < -0.39 is 12.3 Å². The molecule has 1 aliphatic carbocycles. The van der Waals surface area contributed by atoms with E-state index in [0.29, 0.717) is 36.3 Å². The summed E-state index contributed by atoms with van der Waals surface area (Å²) in [6, 6.07) is 5.74. The molecule has 0 spiro atoms. The molecule has 0 radical (unpaired) electrons. The number of esters is 1. The van der Waals surface area contributed by atoms with E-state index in [-0.39, 0.29) is 18.5 Å². The Labute approximate surface area is 133 Å². The lowest BCUT2D eigenvalue weighted by atomic mass is 9.82. The van der Waals surface area contributed by atoms with Gasteiger partial charge in [-0.25, -0.2) is 0 Å². The first-order valence-electron chi connectivity index (χ1n) is 7.59. The van der Waals surface area contributed by atoms with Crippen molar-refractivity contribution in [2.45, 2.75) is 38.4 Å². The molecule has 2 unspecified atom stereocenters. The number of ether oxygens (including phenoxy) is 4. The molecule has 23 heavy (non-hydrogen) atoms. The zero-order valence-corrected chi connectivity index (χ0v) is 12.7. The van der Waals surface area contributed by atoms with Crippen molar-refractivity contribution in [1.82, 2.24) is 0 Å². The Morgan fingerprint density at radius 3 is 2.83 bits per heavy atom. The minimum Gasteiger partial charge on any atom is -0.458 e. The number of ketones is 1. The largest absolute Gasteiger partial charge is 0.458 e. The summed E-state index contributed by atoms with van der Waals surface area (Å²) in [5, 5.41) is 0. The van der Waals surface area contributed by atoms with Crippen molar-refractivity contribution in [1.29, 1.82) is 0 Å². The van der Waals surface area contributed by atoms with Gasteiger partial charge in [0.15, 0.2) is 17.3 Å². The molecule has 4 rings (SSSR count). The van der Waals surface area contributed by atoms with Gasteiger partial charge in [0, 0.05) is 25.3 Å². The van der Waals surface area contributed by atoms with Crippen LogP contribution in [0.15, 0.2) is 29.5 Å². The van der Waals surface area contributed by atoms with E-state index in [1.165, 1.54) is 6.92 Å². The number of carbonyl (C=O) groups excluding carboxylic acids is 2. The van der Waals surface area contributed by atoms with Gasteiger partial charge in [0.05, 0.1) is 6.42 Å². The summed E-state index contributed by atoms with van der Waals surface area (Å²) in [6.45, 7) is 1.56. The Balaban J connectivity index is 1.53. The molecule has 6 nitrogen and oxygen atoms in total. The van der Waals surface area contributed by atoms with Gasteiger partial charge < -0.3 is 18.9 Å². The molecule has 0 saturated heterocycles. The van der Waals surface area contributed by atoms with Crippen molar-refractivity contribution >= 4 is 11.8 Å². The smallest absolute Gasteiger partial charge is 0.305 e. The van der Waals surface area contributed by atoms with Crippen molar-refractivity contribution in [2.75, 3.05) is 6.79 Å². The predicted molar refractivity (Wildman–Crippen MR) is 77.8 cm³/mol. The number of hydrogen-bond donors (Lipinski definition) is 0. The van der Waals surface area contributed by atoms with Crippen LogP contribution in [0, 0.1) is 0 Å². The highest BCUT2D eigenvalue weighted by Gasteiger charge is 2.38. The normalized spacial score (nSPS) is 25.2. The summed E-state index contributed by atoms with van der Waals surface area (Å²) >= 11 is 0. The summed E-state index contributed by atoms with van der Waals surface area (Å²) in [5.74, 6) is 1.77. The SMILES string of the molecule is CC(=O)OC1CC2=C(CC(c3ccc4c(c3)OCO4)CC2=O)O1. The summed E-state index contributed by atoms with van der Waals surface area (Å²) in [4.78, 5) is 23.4. The maximum Gasteiger partial charge on any atom is 0.305 e. The average molecular weight is 316 g/mol. The molecule has 1 aromatic rings. The first-order valence-corrected chi connectivity index (χ1v) is 7.59. The van der Waals surface area contributed by atoms with Crippen LogP contribution in [-0.2, 0) is 19.1 Å². The first kappa shape index (κ1) is 14.1. The lowest BCUT2D eigenvalue weighted by molar-refractivity contribution is -0.165. The number of fused-ring (bicyclic) bond motifs is 1. The molecule has 0 aromatic heterocycles. The van der Waals surface area contributed by atoms with E-state index in [4.69, 9.17) is 18.9 Å². The highest BCUT2D eigenvalue weighted by Crippen LogP contribution is 2.43. The molecule has 0 saturated carbocycles. The zero-order valence-electron chi connectivity index (χ0n) is 12.7. The monoisotopic (exact) mass is 316 g/mol. The summed E-state index contributed by atoms with van der Waals surface area (Å²) in [6.07, 6.45) is 0.728. The molecule has 2 heterocycles. The van der Waals surface area contributed by atoms with Crippen LogP contribution in [0.2, 0.25) is 0 Å². The molecule has 0 amide bonds. The Kier molecular flexibility index (Phi) is 3.25. The van der Waals surface area contributed by atoms with Crippen LogP contribution in [-0.4, -0.2) is 24.8 Å². The number of rotatable bonds is 2. The number of Topliss-reactive ketones (excluding diaryl/α,β-unsaturated/α-hetero) is 1. The van der Waals surface area contributed by atoms with Crippen LogP contribution in [0.1, 0.15) is 37.7 Å². The number of carbonyl (C=O) groups is 2. The van der Waals surface area contributed by atoms with E-state index in [9.17, 15) is 9.59 Å². The second-order valence-electron chi connectivity index (χ2n) is 5.90. The van der Waals surface area contributed by atoms with Crippen molar-refractivity contribution in [2.24, 2.45) is 0 Å². The Morgan fingerprint density at radius 2 is 2.00 bits per heavy atom. The van der Waals surface area contributed by atoms with Crippen molar-refractivity contribution in [3.05, 3.63) is 35.1 Å². The molecule has 2 aliphatic heterocycles. The molecule has 3 aliphatic rings. The highest BCUT2D eigenvalue weighted by atomic mass is 16.7. The van der Waals surface area contributed by atoms with Gasteiger partial charge in [-0.3, -0.25) is 9.59 Å². The van der Waals surface area contributed by atoms with Crippen LogP contribution < -0.4 is 9.47 Å². The highest BCUT2D eigenvalue weighted by molar-refractivity contribution is 5.97. The minimum atomic E-state index is -0.669. The third-order valence-corrected chi connectivity index (χ3v) is 4.35. The average Bonchev–Trinajstić information content (AvgIpc) is 3.11. The van der Waals surface area contributed by atoms with Gasteiger partial charge in [0.2, 0.25) is 13.1 Å². The van der Waals surface area contributed by atoms with Crippen LogP contribution in [0.5, 0.6) is 11.5 Å². The van der Waals surface area contributed by atoms with Gasteiger partial charge >= 0.3 is 5.97 Å². The van der Waals surface area contributed by atoms with E-state index in [1.807, 2.05) is 18.2 Å². The van der Waals surface area contributed by atoms with Gasteiger partial charge in [0.25, 0.3) is 0 Å². The van der Waals surface area contributed by atoms with Crippen molar-refractivity contribution in [3.63, 3.8) is 0 Å². The molecular weight excluding hydrogens is 300 g/mol. The third kappa shape index (κ3) is 2.54. The molecule has 0 N–H and O–H groups in total. The molecular formula is C17H16O6. The number of hydrogen-bond acceptors (Lipinski definition) is 6. The Bertz CT molecular complexity index is 720. The van der Waals surface area contributed by atoms with Gasteiger partial charge in [0.1, 0.15) is 5.76 Å². The number of benzene rings is 1. The minimum absolute atomic E-state index is 0.0341. The number of allylic oxidation sites excluding steroid dienone is 1. The molecule has 6 heteroatoms. The standard InChI is InChI=1S/C17H16O6/c1-9(18)22-17-7-12-13(19)4-11(6-15(12)23-17)10-2-3-14-16(5-10)21-8-20-14/h2-3,5,11,17H,4,6-8H2,1H3. The lowest BCUT2D eigenvalue weighted by Crippen LogP contribution is -2.16. The van der Waals surface area contributed by atoms with Gasteiger partial charge in [-0.2, -0.15) is 0 Å². The van der Waals surface area contributed by atoms with Gasteiger partial charge in [-0.15, -0.1) is 0 Å². The quantitative estimate of drug-likeness (QED) is 0.780. The van der Waals surface area contributed by atoms with E-state index >= 15 is 0 Å². The van der Waals surface area contributed by atoms with Crippen LogP contribution >= 0.6 is 0 Å². The van der Waals surface area contributed by atoms with Gasteiger partial charge in [-0.05, 0) is 23.6 Å². The van der Waals surface area contributed by atoms with E-state index in [2.05, 4.69) is 0 Å². The van der Waals surface area contributed by atoms with Crippen molar-refractivity contribution < 1.29 is 28.5 Å². The second-order valence-corrected chi connectivity index (χ2v) is 5.90. The van der Waals surface area contributed by atoms with Crippen LogP contribution in [0.4, 0.5) is 0 Å². The van der Waals surface area contributed by atoms with E-state index in [0.717, 1.165) is 11.3 Å². The van der Waals surface area contributed by atoms with Crippen molar-refractivity contribution in [3.8, 4) is 11.5 Å². The summed E-state index contributed by atoms with van der Waals surface area (Å²) in [5.41, 5.74) is 1.68. The molecule has 0 fully saturated rings. The predicted octanol–water partition coefficient (Wildman–Crippen LogP) is 2.43. The Hall–Kier alpha value is -2.50. The molecule has 0 bridgehead atoms. The molecule has 1 aromatic carbocycles. The van der Waals surface area contributed by atoms with Gasteiger partial charge in [-0.1, -0.05) is 6.07 Å². The second kappa shape index (κ2) is 5.30. The Morgan fingerprint density at radius 1 is 1.17 bits per heavy atom. The zero-order chi connectivity index (χ0) is 16.0. The summed E-state index contributed by atoms with van der Waals surface area (Å²) in [7, 11) is 0. The maximum absolute atomic E-state index is 12.4. The third-order valence-electron chi connectivity index (χ3n) is 4.35. The maximum atomic E-state index is 12.4. The first-order chi connectivity index (χ1) is 11.1. The fraction of sp³-hybridized carbons (Fsp3) is 0.412. The molecule has 120 valence electrons. The summed E-state index contributed by atoms with van der Waals surface area (Å²) < 4.78 is 21.4. The topological polar surface area (TPSA) is 71.1 Å². The molecule has 2 atom stereocenters. The lowest BCUT2D eigenvalue weighted by Gasteiger charge is -2.22. The van der Waals surface area contributed by atoms with Crippen LogP contribution in [0.25, 0.3) is 0 Å². The van der Waals surface area contributed by atoms with Crippen LogP contribution in [0.3, 0.4) is 0 Å². The fourth-order valence-corrected chi connectivity index (χ4v) is 3.29.